The van der Waals surface area contributed by atoms with Gasteiger partial charge in [-0.1, -0.05) is 36.4 Å². The van der Waals surface area contributed by atoms with Crippen molar-refractivity contribution in [3.8, 4) is 0 Å². The Morgan fingerprint density at radius 3 is 2.28 bits per heavy atom. The zero-order chi connectivity index (χ0) is 18.2. The largest absolute Gasteiger partial charge is 0.347 e. The number of hydrogen-bond donors (Lipinski definition) is 3. The number of carbonyl (C=O) groups is 2. The van der Waals surface area contributed by atoms with Crippen molar-refractivity contribution in [3.05, 3.63) is 66.0 Å². The van der Waals surface area contributed by atoms with Gasteiger partial charge in [0.15, 0.2) is 0 Å². The first-order chi connectivity index (χ1) is 12.0. The summed E-state index contributed by atoms with van der Waals surface area (Å²) in [6.45, 7) is 3.21. The van der Waals surface area contributed by atoms with E-state index in [0.717, 1.165) is 11.3 Å². The molecule has 132 valence electrons. The minimum atomic E-state index is -0.673. The van der Waals surface area contributed by atoms with Gasteiger partial charge >= 0.3 is 0 Å². The van der Waals surface area contributed by atoms with Crippen LogP contribution in [0, 0.1) is 0 Å². The standard InChI is InChI=1S/C19H24N4O2/c1-13(20)18(24)22-14(2)19(25)23-17(15-8-4-3-5-9-15)12-16-10-6-7-11-21-16/h3-11,13-14,17H,12,20H2,1-2H3,(H,22,24)(H,23,25). The lowest BCUT2D eigenvalue weighted by molar-refractivity contribution is -0.129. The number of nitrogens with two attached hydrogens (primary N) is 1. The average molecular weight is 340 g/mol. The molecule has 0 radical (unpaired) electrons. The van der Waals surface area contributed by atoms with E-state index in [1.807, 2.05) is 48.5 Å². The molecule has 3 unspecified atom stereocenters. The van der Waals surface area contributed by atoms with Gasteiger partial charge < -0.3 is 16.4 Å². The van der Waals surface area contributed by atoms with Gasteiger partial charge in [-0.3, -0.25) is 14.6 Å². The van der Waals surface area contributed by atoms with Crippen molar-refractivity contribution in [2.45, 2.75) is 38.4 Å². The first kappa shape index (κ1) is 18.6. The number of aromatic nitrogens is 1. The molecule has 0 aliphatic heterocycles. The molecule has 0 fully saturated rings. The SMILES string of the molecule is CC(N)C(=O)NC(C)C(=O)NC(Cc1ccccn1)c1ccccc1. The molecule has 6 nitrogen and oxygen atoms in total. The summed E-state index contributed by atoms with van der Waals surface area (Å²) in [7, 11) is 0. The summed E-state index contributed by atoms with van der Waals surface area (Å²) in [6.07, 6.45) is 2.29. The van der Waals surface area contributed by atoms with Crippen LogP contribution in [0.5, 0.6) is 0 Å². The molecule has 3 atom stereocenters. The molecular weight excluding hydrogens is 316 g/mol. The van der Waals surface area contributed by atoms with E-state index in [2.05, 4.69) is 15.6 Å². The second-order valence-electron chi connectivity index (χ2n) is 6.02. The molecule has 6 heteroatoms. The van der Waals surface area contributed by atoms with Crippen LogP contribution in [0.3, 0.4) is 0 Å². The quantitative estimate of drug-likeness (QED) is 0.708. The maximum Gasteiger partial charge on any atom is 0.242 e. The Hall–Kier alpha value is -2.73. The number of amides is 2. The van der Waals surface area contributed by atoms with Crippen LogP contribution in [0.2, 0.25) is 0 Å². The van der Waals surface area contributed by atoms with Crippen LogP contribution in [0.15, 0.2) is 54.7 Å². The summed E-state index contributed by atoms with van der Waals surface area (Å²) in [6, 6.07) is 13.8. The average Bonchev–Trinajstić information content (AvgIpc) is 2.62. The van der Waals surface area contributed by atoms with Gasteiger partial charge in [0, 0.05) is 18.3 Å². The summed E-state index contributed by atoms with van der Waals surface area (Å²) >= 11 is 0. The number of nitrogens with one attached hydrogen (secondary N) is 2. The Morgan fingerprint density at radius 2 is 1.68 bits per heavy atom. The normalized spacial score (nSPS) is 14.2. The summed E-state index contributed by atoms with van der Waals surface area (Å²) in [5.41, 5.74) is 7.38. The number of hydrogen-bond acceptors (Lipinski definition) is 4. The molecule has 1 aromatic carbocycles. The molecule has 4 N–H and O–H groups in total. The van der Waals surface area contributed by atoms with Gasteiger partial charge in [0.1, 0.15) is 6.04 Å². The highest BCUT2D eigenvalue weighted by atomic mass is 16.2. The van der Waals surface area contributed by atoms with E-state index in [0.29, 0.717) is 6.42 Å². The van der Waals surface area contributed by atoms with Gasteiger partial charge in [0.25, 0.3) is 0 Å². The van der Waals surface area contributed by atoms with E-state index >= 15 is 0 Å². The molecule has 2 amide bonds. The van der Waals surface area contributed by atoms with Crippen LogP contribution >= 0.6 is 0 Å². The molecule has 0 aliphatic carbocycles. The minimum absolute atomic E-state index is 0.238. The molecule has 2 aromatic rings. The third-order valence-electron chi connectivity index (χ3n) is 3.82. The van der Waals surface area contributed by atoms with E-state index in [-0.39, 0.29) is 17.9 Å². The summed E-state index contributed by atoms with van der Waals surface area (Å²) in [5, 5.41) is 5.60. The Bertz CT molecular complexity index is 689. The predicted molar refractivity (Wildman–Crippen MR) is 96.5 cm³/mol. The third-order valence-corrected chi connectivity index (χ3v) is 3.82. The van der Waals surface area contributed by atoms with Crippen molar-refractivity contribution >= 4 is 11.8 Å². The van der Waals surface area contributed by atoms with Gasteiger partial charge in [0.2, 0.25) is 11.8 Å². The monoisotopic (exact) mass is 340 g/mol. The van der Waals surface area contributed by atoms with Gasteiger partial charge in [-0.05, 0) is 31.5 Å². The fraction of sp³-hybridized carbons (Fsp3) is 0.316. The van der Waals surface area contributed by atoms with Crippen LogP contribution in [0.25, 0.3) is 0 Å². The molecule has 2 rings (SSSR count). The summed E-state index contributed by atoms with van der Waals surface area (Å²) in [4.78, 5) is 28.5. The van der Waals surface area contributed by atoms with E-state index < -0.39 is 12.1 Å². The highest BCUT2D eigenvalue weighted by Crippen LogP contribution is 2.17. The van der Waals surface area contributed by atoms with E-state index in [4.69, 9.17) is 5.73 Å². The Labute approximate surface area is 147 Å². The third kappa shape index (κ3) is 5.69. The van der Waals surface area contributed by atoms with Crippen LogP contribution in [0.4, 0.5) is 0 Å². The topological polar surface area (TPSA) is 97.1 Å². The maximum absolute atomic E-state index is 12.5. The maximum atomic E-state index is 12.5. The van der Waals surface area contributed by atoms with Crippen LogP contribution in [-0.4, -0.2) is 28.9 Å². The van der Waals surface area contributed by atoms with Gasteiger partial charge in [-0.25, -0.2) is 0 Å². The molecule has 1 heterocycles. The Balaban J connectivity index is 2.10. The molecule has 0 saturated carbocycles. The zero-order valence-electron chi connectivity index (χ0n) is 14.5. The highest BCUT2D eigenvalue weighted by Gasteiger charge is 2.22. The van der Waals surface area contributed by atoms with Gasteiger partial charge in [-0.2, -0.15) is 0 Å². The lowest BCUT2D eigenvalue weighted by Gasteiger charge is -2.22. The molecule has 0 saturated heterocycles. The zero-order valence-corrected chi connectivity index (χ0v) is 14.5. The number of pyridine rings is 1. The molecular formula is C19H24N4O2. The first-order valence-electron chi connectivity index (χ1n) is 8.28. The fourth-order valence-electron chi connectivity index (χ4n) is 2.37. The second kappa shape index (κ2) is 8.94. The Kier molecular flexibility index (Phi) is 6.65. The minimum Gasteiger partial charge on any atom is -0.347 e. The van der Waals surface area contributed by atoms with Crippen molar-refractivity contribution < 1.29 is 9.59 Å². The summed E-state index contributed by atoms with van der Waals surface area (Å²) < 4.78 is 0. The number of carbonyl (C=O) groups excluding carboxylic acids is 2. The number of rotatable bonds is 7. The molecule has 25 heavy (non-hydrogen) atoms. The van der Waals surface area contributed by atoms with Crippen LogP contribution in [-0.2, 0) is 16.0 Å². The fourth-order valence-corrected chi connectivity index (χ4v) is 2.37. The van der Waals surface area contributed by atoms with Crippen molar-refractivity contribution in [2.75, 3.05) is 0 Å². The summed E-state index contributed by atoms with van der Waals surface area (Å²) in [5.74, 6) is -0.623. The molecule has 1 aromatic heterocycles. The first-order valence-corrected chi connectivity index (χ1v) is 8.28. The van der Waals surface area contributed by atoms with Crippen molar-refractivity contribution in [1.29, 1.82) is 0 Å². The van der Waals surface area contributed by atoms with E-state index in [1.54, 1.807) is 20.0 Å². The molecule has 0 aliphatic rings. The van der Waals surface area contributed by atoms with Gasteiger partial charge in [0.05, 0.1) is 12.1 Å². The van der Waals surface area contributed by atoms with Gasteiger partial charge in [-0.15, -0.1) is 0 Å². The number of nitrogens with zero attached hydrogens (tertiary/aromatic N) is 1. The second-order valence-corrected chi connectivity index (χ2v) is 6.02. The van der Waals surface area contributed by atoms with Crippen LogP contribution < -0.4 is 16.4 Å². The predicted octanol–water partition coefficient (Wildman–Crippen LogP) is 1.33. The lowest BCUT2D eigenvalue weighted by Crippen LogP contribution is -2.50. The number of benzene rings is 1. The Morgan fingerprint density at radius 1 is 1.00 bits per heavy atom. The van der Waals surface area contributed by atoms with Crippen molar-refractivity contribution in [3.63, 3.8) is 0 Å². The van der Waals surface area contributed by atoms with Crippen molar-refractivity contribution in [2.24, 2.45) is 5.73 Å². The van der Waals surface area contributed by atoms with E-state index in [1.165, 1.54) is 0 Å². The highest BCUT2D eigenvalue weighted by molar-refractivity contribution is 5.89. The smallest absolute Gasteiger partial charge is 0.242 e. The van der Waals surface area contributed by atoms with Crippen LogP contribution in [0.1, 0.15) is 31.1 Å². The van der Waals surface area contributed by atoms with Crippen molar-refractivity contribution in [1.82, 2.24) is 15.6 Å². The molecule has 0 bridgehead atoms. The lowest BCUT2D eigenvalue weighted by atomic mass is 10.0. The molecule has 0 spiro atoms. The van der Waals surface area contributed by atoms with E-state index in [9.17, 15) is 9.59 Å².